The fourth-order valence-corrected chi connectivity index (χ4v) is 4.13. The first-order valence-corrected chi connectivity index (χ1v) is 12.3. The molecule has 0 amide bonds. The highest BCUT2D eigenvalue weighted by Gasteiger charge is 2.15. The minimum absolute atomic E-state index is 0.110. The van der Waals surface area contributed by atoms with Crippen molar-refractivity contribution in [2.24, 2.45) is 9.98 Å². The molecule has 172 valence electrons. The van der Waals surface area contributed by atoms with Crippen LogP contribution in [0.4, 0.5) is 0 Å². The van der Waals surface area contributed by atoms with Crippen LogP contribution in [0.1, 0.15) is 76.3 Å². The first-order valence-electron chi connectivity index (χ1n) is 11.5. The van der Waals surface area contributed by atoms with Gasteiger partial charge in [-0.1, -0.05) is 124 Å². The Labute approximate surface area is 208 Å². The van der Waals surface area contributed by atoms with Crippen LogP contribution >= 0.6 is 15.9 Å². The molecule has 0 aliphatic heterocycles. The van der Waals surface area contributed by atoms with E-state index < -0.39 is 0 Å². The predicted octanol–water partition coefficient (Wildman–Crippen LogP) is 8.50. The summed E-state index contributed by atoms with van der Waals surface area (Å²) in [7, 11) is 0. The van der Waals surface area contributed by atoms with Gasteiger partial charge >= 0.3 is 0 Å². The minimum atomic E-state index is 0.110. The molecule has 0 heterocycles. The molecule has 0 unspecified atom stereocenters. The van der Waals surface area contributed by atoms with E-state index in [4.69, 9.17) is 9.98 Å². The van der Waals surface area contributed by atoms with Gasteiger partial charge in [0.2, 0.25) is 0 Å². The average Bonchev–Trinajstić information content (AvgIpc) is 2.76. The molecule has 3 rings (SSSR count). The van der Waals surface area contributed by atoms with Crippen molar-refractivity contribution in [2.75, 3.05) is 0 Å². The van der Waals surface area contributed by atoms with Gasteiger partial charge < -0.3 is 0 Å². The maximum atomic E-state index is 4.98. The highest BCUT2D eigenvalue weighted by molar-refractivity contribution is 9.10. The van der Waals surface area contributed by atoms with Gasteiger partial charge in [-0.15, -0.1) is 0 Å². The fourth-order valence-electron chi connectivity index (χ4n) is 3.56. The summed E-state index contributed by atoms with van der Waals surface area (Å²) in [5, 5.41) is 0. The first kappa shape index (κ1) is 25.1. The SMILES string of the molecule is C/C(=N\C(=N/Cc1ccc(C(C)(C)C)cc1)c1ccc(C(C)(C)C)cc1)c1ccccc1Br. The van der Waals surface area contributed by atoms with E-state index in [9.17, 15) is 0 Å². The second-order valence-corrected chi connectivity index (χ2v) is 11.4. The third-order valence-electron chi connectivity index (χ3n) is 5.78. The Kier molecular flexibility index (Phi) is 7.74. The molecular formula is C30H35BrN2. The molecule has 0 aromatic heterocycles. The Bertz CT molecular complexity index is 1140. The van der Waals surface area contributed by atoms with Crippen LogP contribution in [0.25, 0.3) is 0 Å². The van der Waals surface area contributed by atoms with E-state index in [1.807, 2.05) is 25.1 Å². The maximum Gasteiger partial charge on any atom is 0.155 e. The van der Waals surface area contributed by atoms with E-state index >= 15 is 0 Å². The molecule has 0 N–H and O–H groups in total. The zero-order valence-electron chi connectivity index (χ0n) is 20.9. The van der Waals surface area contributed by atoms with E-state index in [2.05, 4.69) is 112 Å². The Morgan fingerprint density at radius 1 is 0.727 bits per heavy atom. The summed E-state index contributed by atoms with van der Waals surface area (Å²) in [5.41, 5.74) is 7.10. The Morgan fingerprint density at radius 3 is 1.76 bits per heavy atom. The van der Waals surface area contributed by atoms with Crippen molar-refractivity contribution in [3.8, 4) is 0 Å². The number of halogens is 1. The number of benzene rings is 3. The van der Waals surface area contributed by atoms with Crippen molar-refractivity contribution >= 4 is 27.5 Å². The lowest BCUT2D eigenvalue weighted by Crippen LogP contribution is -2.11. The smallest absolute Gasteiger partial charge is 0.155 e. The molecule has 3 aromatic rings. The van der Waals surface area contributed by atoms with Crippen molar-refractivity contribution in [3.63, 3.8) is 0 Å². The molecular weight excluding hydrogens is 468 g/mol. The van der Waals surface area contributed by atoms with Gasteiger partial charge in [-0.2, -0.15) is 0 Å². The number of nitrogens with zero attached hydrogens (tertiary/aromatic N) is 2. The van der Waals surface area contributed by atoms with Crippen molar-refractivity contribution in [1.82, 2.24) is 0 Å². The van der Waals surface area contributed by atoms with Crippen molar-refractivity contribution in [2.45, 2.75) is 65.8 Å². The predicted molar refractivity (Wildman–Crippen MR) is 147 cm³/mol. The standard InChI is InChI=1S/C30H35BrN2/c1-21(26-10-8-9-11-27(26)31)33-28(23-14-18-25(19-15-23)30(5,6)7)32-20-22-12-16-24(17-13-22)29(2,3)4/h8-19H,20H2,1-7H3/b32-28-,33-21+. The van der Waals surface area contributed by atoms with Crippen LogP contribution in [0.5, 0.6) is 0 Å². The van der Waals surface area contributed by atoms with Gasteiger partial charge in [0.05, 0.1) is 6.54 Å². The molecule has 3 heteroatoms. The zero-order chi connectivity index (χ0) is 24.2. The van der Waals surface area contributed by atoms with Crippen LogP contribution in [0.15, 0.2) is 87.3 Å². The molecule has 0 radical (unpaired) electrons. The van der Waals surface area contributed by atoms with Crippen LogP contribution in [-0.4, -0.2) is 11.5 Å². The lowest BCUT2D eigenvalue weighted by molar-refractivity contribution is 0.590. The third kappa shape index (κ3) is 6.74. The quantitative estimate of drug-likeness (QED) is 0.252. The van der Waals surface area contributed by atoms with E-state index in [0.717, 1.165) is 27.1 Å². The Balaban J connectivity index is 1.98. The molecule has 33 heavy (non-hydrogen) atoms. The van der Waals surface area contributed by atoms with Gasteiger partial charge in [0, 0.05) is 21.3 Å². The summed E-state index contributed by atoms with van der Waals surface area (Å²) in [5.74, 6) is 0.753. The second-order valence-electron chi connectivity index (χ2n) is 10.6. The van der Waals surface area contributed by atoms with Gasteiger partial charge in [0.15, 0.2) is 5.84 Å². The molecule has 0 saturated heterocycles. The summed E-state index contributed by atoms with van der Waals surface area (Å²) in [6.07, 6.45) is 0. The zero-order valence-corrected chi connectivity index (χ0v) is 22.5. The lowest BCUT2D eigenvalue weighted by Gasteiger charge is -2.19. The minimum Gasteiger partial charge on any atom is -0.261 e. The van der Waals surface area contributed by atoms with Crippen LogP contribution < -0.4 is 0 Å². The number of rotatable bonds is 4. The summed E-state index contributed by atoms with van der Waals surface area (Å²) >= 11 is 3.65. The highest BCUT2D eigenvalue weighted by Crippen LogP contribution is 2.24. The molecule has 0 bridgehead atoms. The average molecular weight is 504 g/mol. The maximum absolute atomic E-state index is 4.98. The number of aliphatic imine (C=N–C) groups is 2. The summed E-state index contributed by atoms with van der Waals surface area (Å²) in [6, 6.07) is 25.6. The van der Waals surface area contributed by atoms with E-state index in [1.165, 1.54) is 16.7 Å². The van der Waals surface area contributed by atoms with Crippen molar-refractivity contribution < 1.29 is 0 Å². The van der Waals surface area contributed by atoms with Crippen LogP contribution in [0.2, 0.25) is 0 Å². The molecule has 0 aliphatic carbocycles. The fraction of sp³-hybridized carbons (Fsp3) is 0.333. The lowest BCUT2D eigenvalue weighted by atomic mass is 9.86. The number of amidine groups is 1. The third-order valence-corrected chi connectivity index (χ3v) is 6.47. The number of hydrogen-bond donors (Lipinski definition) is 0. The molecule has 0 atom stereocenters. The monoisotopic (exact) mass is 502 g/mol. The molecule has 0 aliphatic rings. The number of hydrogen-bond acceptors (Lipinski definition) is 1. The summed E-state index contributed by atoms with van der Waals surface area (Å²) < 4.78 is 1.03. The van der Waals surface area contributed by atoms with E-state index in [0.29, 0.717) is 6.54 Å². The molecule has 3 aromatic carbocycles. The van der Waals surface area contributed by atoms with Gasteiger partial charge in [0.25, 0.3) is 0 Å². The Hall–Kier alpha value is -2.52. The summed E-state index contributed by atoms with van der Waals surface area (Å²) in [6.45, 7) is 16.0. The van der Waals surface area contributed by atoms with Gasteiger partial charge in [-0.05, 0) is 40.5 Å². The van der Waals surface area contributed by atoms with Gasteiger partial charge in [0.1, 0.15) is 0 Å². The molecule has 0 spiro atoms. The Morgan fingerprint density at radius 2 is 1.24 bits per heavy atom. The molecule has 0 fully saturated rings. The van der Waals surface area contributed by atoms with E-state index in [1.54, 1.807) is 0 Å². The van der Waals surface area contributed by atoms with Gasteiger partial charge in [-0.25, -0.2) is 4.99 Å². The largest absolute Gasteiger partial charge is 0.261 e. The van der Waals surface area contributed by atoms with Crippen LogP contribution in [-0.2, 0) is 17.4 Å². The van der Waals surface area contributed by atoms with Gasteiger partial charge in [-0.3, -0.25) is 4.99 Å². The molecule has 0 saturated carbocycles. The molecule has 2 nitrogen and oxygen atoms in total. The van der Waals surface area contributed by atoms with E-state index in [-0.39, 0.29) is 10.8 Å². The highest BCUT2D eigenvalue weighted by atomic mass is 79.9. The van der Waals surface area contributed by atoms with Crippen LogP contribution in [0.3, 0.4) is 0 Å². The van der Waals surface area contributed by atoms with Crippen LogP contribution in [0, 0.1) is 0 Å². The van der Waals surface area contributed by atoms with Crippen molar-refractivity contribution in [1.29, 1.82) is 0 Å². The summed E-state index contributed by atoms with van der Waals surface area (Å²) in [4.78, 5) is 9.94. The first-order chi connectivity index (χ1) is 15.4. The topological polar surface area (TPSA) is 24.7 Å². The normalized spacial score (nSPS) is 13.3. The second kappa shape index (κ2) is 10.2. The van der Waals surface area contributed by atoms with Crippen molar-refractivity contribution in [3.05, 3.63) is 105 Å².